The number of ether oxygens (including phenoxy) is 2. The molecule has 0 fully saturated rings. The third-order valence-corrected chi connectivity index (χ3v) is 3.83. The average molecular weight is 393 g/mol. The van der Waals surface area contributed by atoms with E-state index in [1.807, 2.05) is 24.3 Å². The summed E-state index contributed by atoms with van der Waals surface area (Å²) in [5.41, 5.74) is 0.827. The number of benzene rings is 2. The van der Waals surface area contributed by atoms with Crippen LogP contribution in [0.2, 0.25) is 0 Å². The number of halogens is 2. The van der Waals surface area contributed by atoms with Gasteiger partial charge in [-0.2, -0.15) is 0 Å². The van der Waals surface area contributed by atoms with Gasteiger partial charge in [0.15, 0.2) is 6.61 Å². The van der Waals surface area contributed by atoms with Crippen LogP contribution in [0.25, 0.3) is 6.08 Å². The Morgan fingerprint density at radius 2 is 1.96 bits per heavy atom. The summed E-state index contributed by atoms with van der Waals surface area (Å²) in [6.45, 7) is -0.501. The fourth-order valence-corrected chi connectivity index (χ4v) is 2.35. The summed E-state index contributed by atoms with van der Waals surface area (Å²) in [4.78, 5) is 23.8. The van der Waals surface area contributed by atoms with Gasteiger partial charge in [0.25, 0.3) is 0 Å². The Morgan fingerprint density at radius 3 is 2.67 bits per heavy atom. The molecule has 0 bridgehead atoms. The number of ketones is 1. The lowest BCUT2D eigenvalue weighted by Gasteiger charge is -2.07. The van der Waals surface area contributed by atoms with E-state index in [4.69, 9.17) is 9.47 Å². The van der Waals surface area contributed by atoms with Crippen molar-refractivity contribution in [2.24, 2.45) is 0 Å². The molecule has 0 atom stereocenters. The summed E-state index contributed by atoms with van der Waals surface area (Å²) < 4.78 is 24.0. The molecule has 2 rings (SSSR count). The molecule has 0 saturated heterocycles. The highest BCUT2D eigenvalue weighted by Crippen LogP contribution is 2.20. The second kappa shape index (κ2) is 8.40. The van der Waals surface area contributed by atoms with Gasteiger partial charge in [-0.1, -0.05) is 34.1 Å². The normalized spacial score (nSPS) is 10.6. The van der Waals surface area contributed by atoms with Crippen molar-refractivity contribution in [1.29, 1.82) is 0 Å². The molecule has 2 aromatic rings. The Hall–Kier alpha value is -2.47. The molecule has 0 spiro atoms. The second-order valence-electron chi connectivity index (χ2n) is 4.73. The second-order valence-corrected chi connectivity index (χ2v) is 5.58. The van der Waals surface area contributed by atoms with Crippen LogP contribution in [0.5, 0.6) is 5.75 Å². The van der Waals surface area contributed by atoms with Crippen LogP contribution in [0, 0.1) is 5.82 Å². The molecule has 0 unspecified atom stereocenters. The zero-order valence-electron chi connectivity index (χ0n) is 12.8. The molecule has 0 aliphatic carbocycles. The van der Waals surface area contributed by atoms with E-state index in [-0.39, 0.29) is 11.3 Å². The molecule has 24 heavy (non-hydrogen) atoms. The zero-order valence-corrected chi connectivity index (χ0v) is 14.4. The Kier molecular flexibility index (Phi) is 6.26. The van der Waals surface area contributed by atoms with E-state index in [0.29, 0.717) is 0 Å². The van der Waals surface area contributed by atoms with Gasteiger partial charge in [-0.3, -0.25) is 4.79 Å². The van der Waals surface area contributed by atoms with E-state index in [2.05, 4.69) is 15.9 Å². The first-order chi connectivity index (χ1) is 11.5. The van der Waals surface area contributed by atoms with Crippen molar-refractivity contribution in [2.75, 3.05) is 13.7 Å². The van der Waals surface area contributed by atoms with Gasteiger partial charge in [-0.25, -0.2) is 9.18 Å². The summed E-state index contributed by atoms with van der Waals surface area (Å²) in [7, 11) is 1.37. The lowest BCUT2D eigenvalue weighted by atomic mass is 10.1. The van der Waals surface area contributed by atoms with Gasteiger partial charge in [-0.05, 0) is 35.9 Å². The van der Waals surface area contributed by atoms with Gasteiger partial charge in [0.2, 0.25) is 5.78 Å². The molecule has 0 N–H and O–H groups in total. The summed E-state index contributed by atoms with van der Waals surface area (Å²) in [5, 5.41) is 0. The van der Waals surface area contributed by atoms with Gasteiger partial charge in [0.05, 0.1) is 12.7 Å². The highest BCUT2D eigenvalue weighted by molar-refractivity contribution is 9.10. The summed E-state index contributed by atoms with van der Waals surface area (Å²) >= 11 is 3.35. The Bertz CT molecular complexity index is 786. The van der Waals surface area contributed by atoms with Gasteiger partial charge < -0.3 is 9.47 Å². The van der Waals surface area contributed by atoms with E-state index in [0.717, 1.165) is 16.1 Å². The smallest absolute Gasteiger partial charge is 0.331 e. The first-order valence-corrected chi connectivity index (χ1v) is 7.76. The first-order valence-electron chi connectivity index (χ1n) is 6.97. The Morgan fingerprint density at radius 1 is 1.21 bits per heavy atom. The third-order valence-electron chi connectivity index (χ3n) is 3.11. The molecular weight excluding hydrogens is 379 g/mol. The number of hydrogen-bond donors (Lipinski definition) is 0. The van der Waals surface area contributed by atoms with E-state index in [9.17, 15) is 14.0 Å². The van der Waals surface area contributed by atoms with Crippen LogP contribution in [-0.4, -0.2) is 25.5 Å². The van der Waals surface area contributed by atoms with Crippen LogP contribution in [-0.2, 0) is 9.53 Å². The van der Waals surface area contributed by atoms with Crippen molar-refractivity contribution in [2.45, 2.75) is 0 Å². The van der Waals surface area contributed by atoms with Crippen LogP contribution in [0.15, 0.2) is 53.0 Å². The highest BCUT2D eigenvalue weighted by atomic mass is 79.9. The van der Waals surface area contributed by atoms with Crippen molar-refractivity contribution < 1.29 is 23.5 Å². The van der Waals surface area contributed by atoms with Crippen molar-refractivity contribution in [3.63, 3.8) is 0 Å². The van der Waals surface area contributed by atoms with Crippen LogP contribution >= 0.6 is 15.9 Å². The number of carbonyl (C=O) groups excluding carboxylic acids is 2. The minimum atomic E-state index is -0.672. The van der Waals surface area contributed by atoms with Crippen molar-refractivity contribution in [3.8, 4) is 5.75 Å². The molecule has 6 heteroatoms. The number of methoxy groups -OCH3 is 1. The maximum Gasteiger partial charge on any atom is 0.331 e. The molecular formula is C18H14BrFO4. The SMILES string of the molecule is COc1ccc(F)cc1C(=O)COC(=O)/C=C/c1ccccc1Br. The molecule has 0 heterocycles. The molecule has 4 nitrogen and oxygen atoms in total. The predicted octanol–water partition coefficient (Wildman–Crippen LogP) is 4.04. The highest BCUT2D eigenvalue weighted by Gasteiger charge is 2.15. The van der Waals surface area contributed by atoms with Crippen LogP contribution in [0.1, 0.15) is 15.9 Å². The van der Waals surface area contributed by atoms with Gasteiger partial charge in [0.1, 0.15) is 11.6 Å². The molecule has 0 amide bonds. The summed E-state index contributed by atoms with van der Waals surface area (Å²) in [5.74, 6) is -1.57. The fraction of sp³-hybridized carbons (Fsp3) is 0.111. The topological polar surface area (TPSA) is 52.6 Å². The predicted molar refractivity (Wildman–Crippen MR) is 91.4 cm³/mol. The molecule has 2 aromatic carbocycles. The number of Topliss-reactive ketones (excluding diaryl/α,β-unsaturated/α-hetero) is 1. The van der Waals surface area contributed by atoms with E-state index >= 15 is 0 Å². The minimum absolute atomic E-state index is 0.0279. The van der Waals surface area contributed by atoms with Crippen LogP contribution in [0.4, 0.5) is 4.39 Å². The van der Waals surface area contributed by atoms with E-state index < -0.39 is 24.2 Å². The molecule has 0 aliphatic rings. The van der Waals surface area contributed by atoms with E-state index in [1.165, 1.54) is 25.3 Å². The lowest BCUT2D eigenvalue weighted by Crippen LogP contribution is -2.13. The number of carbonyl (C=O) groups is 2. The van der Waals surface area contributed by atoms with Crippen LogP contribution in [0.3, 0.4) is 0 Å². The number of hydrogen-bond acceptors (Lipinski definition) is 4. The largest absolute Gasteiger partial charge is 0.496 e. The molecule has 0 aromatic heterocycles. The summed E-state index contributed by atoms with van der Waals surface area (Å²) in [6, 6.07) is 10.9. The minimum Gasteiger partial charge on any atom is -0.496 e. The molecule has 0 aliphatic heterocycles. The van der Waals surface area contributed by atoms with Gasteiger partial charge >= 0.3 is 5.97 Å². The Balaban J connectivity index is 1.98. The van der Waals surface area contributed by atoms with E-state index in [1.54, 1.807) is 6.08 Å². The van der Waals surface area contributed by atoms with Crippen molar-refractivity contribution in [3.05, 3.63) is 70.0 Å². The van der Waals surface area contributed by atoms with Gasteiger partial charge in [-0.15, -0.1) is 0 Å². The molecule has 124 valence electrons. The third kappa shape index (κ3) is 4.76. The molecule has 0 saturated carbocycles. The fourth-order valence-electron chi connectivity index (χ4n) is 1.93. The number of rotatable bonds is 6. The average Bonchev–Trinajstić information content (AvgIpc) is 2.59. The monoisotopic (exact) mass is 392 g/mol. The number of esters is 1. The van der Waals surface area contributed by atoms with Crippen molar-refractivity contribution in [1.82, 2.24) is 0 Å². The summed E-state index contributed by atoms with van der Waals surface area (Å²) in [6.07, 6.45) is 2.79. The zero-order chi connectivity index (χ0) is 17.5. The Labute approximate surface area is 147 Å². The van der Waals surface area contributed by atoms with Crippen molar-refractivity contribution >= 4 is 33.8 Å². The standard InChI is InChI=1S/C18H14BrFO4/c1-23-17-8-7-13(20)10-14(17)16(21)11-24-18(22)9-6-12-4-2-3-5-15(12)19/h2-10H,11H2,1H3/b9-6+. The van der Waals surface area contributed by atoms with Crippen LogP contribution < -0.4 is 4.74 Å². The maximum atomic E-state index is 13.3. The molecule has 0 radical (unpaired) electrons. The lowest BCUT2D eigenvalue weighted by molar-refractivity contribution is -0.136. The first kappa shape index (κ1) is 17.9. The van der Waals surface area contributed by atoms with Gasteiger partial charge in [0, 0.05) is 10.5 Å². The maximum absolute atomic E-state index is 13.3. The quantitative estimate of drug-likeness (QED) is 0.423.